The van der Waals surface area contributed by atoms with Gasteiger partial charge < -0.3 is 15.3 Å². The molecule has 0 radical (unpaired) electrons. The van der Waals surface area contributed by atoms with Crippen molar-refractivity contribution in [1.29, 1.82) is 0 Å². The first kappa shape index (κ1) is 17.3. The average Bonchev–Trinajstić information content (AvgIpc) is 2.92. The Morgan fingerprint density at radius 2 is 2.30 bits per heavy atom. The molecular formula is C16H22ClN5O. The number of hydrogen-bond donors (Lipinski definition) is 2. The minimum Gasteiger partial charge on any atom is -0.387 e. The van der Waals surface area contributed by atoms with Gasteiger partial charge in [-0.2, -0.15) is 5.10 Å². The van der Waals surface area contributed by atoms with Gasteiger partial charge in [0.15, 0.2) is 5.96 Å². The van der Waals surface area contributed by atoms with Crippen molar-refractivity contribution in [3.63, 3.8) is 0 Å². The maximum Gasteiger partial charge on any atom is 0.193 e. The third-order valence-corrected chi connectivity index (χ3v) is 3.67. The van der Waals surface area contributed by atoms with Crippen LogP contribution in [0.2, 0.25) is 5.02 Å². The van der Waals surface area contributed by atoms with E-state index in [-0.39, 0.29) is 0 Å². The van der Waals surface area contributed by atoms with Crippen LogP contribution in [0.1, 0.15) is 17.2 Å². The second-order valence-corrected chi connectivity index (χ2v) is 5.81. The molecule has 1 aromatic heterocycles. The van der Waals surface area contributed by atoms with E-state index in [0.717, 1.165) is 11.1 Å². The molecule has 124 valence electrons. The van der Waals surface area contributed by atoms with Crippen LogP contribution in [0.3, 0.4) is 0 Å². The zero-order valence-electron chi connectivity index (χ0n) is 13.6. The van der Waals surface area contributed by atoms with Crippen LogP contribution in [-0.4, -0.2) is 46.4 Å². The lowest BCUT2D eigenvalue weighted by molar-refractivity contribution is 0.179. The maximum atomic E-state index is 10.3. The number of guanidine groups is 1. The van der Waals surface area contributed by atoms with Gasteiger partial charge in [-0.1, -0.05) is 23.7 Å². The van der Waals surface area contributed by atoms with E-state index in [4.69, 9.17) is 11.6 Å². The van der Waals surface area contributed by atoms with Gasteiger partial charge in [0.25, 0.3) is 0 Å². The van der Waals surface area contributed by atoms with E-state index in [1.54, 1.807) is 23.9 Å². The molecule has 0 saturated carbocycles. The van der Waals surface area contributed by atoms with Crippen LogP contribution in [0, 0.1) is 0 Å². The first-order valence-electron chi connectivity index (χ1n) is 7.32. The van der Waals surface area contributed by atoms with Gasteiger partial charge in [-0.05, 0) is 17.7 Å². The second kappa shape index (κ2) is 7.99. The van der Waals surface area contributed by atoms with Gasteiger partial charge in [-0.15, -0.1) is 0 Å². The number of aliphatic hydroxyl groups excluding tert-OH is 1. The van der Waals surface area contributed by atoms with Crippen LogP contribution >= 0.6 is 11.6 Å². The van der Waals surface area contributed by atoms with Crippen molar-refractivity contribution in [3.05, 3.63) is 52.8 Å². The van der Waals surface area contributed by atoms with Gasteiger partial charge in [-0.3, -0.25) is 9.67 Å². The van der Waals surface area contributed by atoms with E-state index in [9.17, 15) is 5.11 Å². The Morgan fingerprint density at radius 1 is 1.52 bits per heavy atom. The smallest absolute Gasteiger partial charge is 0.193 e. The van der Waals surface area contributed by atoms with Crippen LogP contribution in [0.25, 0.3) is 0 Å². The minimum atomic E-state index is -0.655. The molecule has 1 aromatic carbocycles. The fraction of sp³-hybridized carbons (Fsp3) is 0.375. The lowest BCUT2D eigenvalue weighted by atomic mass is 10.1. The number of rotatable bonds is 5. The summed E-state index contributed by atoms with van der Waals surface area (Å²) >= 11 is 5.95. The van der Waals surface area contributed by atoms with Crippen molar-refractivity contribution in [2.24, 2.45) is 12.0 Å². The van der Waals surface area contributed by atoms with E-state index in [1.807, 2.05) is 43.5 Å². The molecule has 2 aromatic rings. The van der Waals surface area contributed by atoms with Crippen LogP contribution < -0.4 is 5.32 Å². The molecule has 6 nitrogen and oxygen atoms in total. The van der Waals surface area contributed by atoms with Crippen LogP contribution in [0.5, 0.6) is 0 Å². The highest BCUT2D eigenvalue weighted by Gasteiger charge is 2.12. The summed E-state index contributed by atoms with van der Waals surface area (Å²) in [6.07, 6.45) is 3.13. The third kappa shape index (κ3) is 4.97. The summed E-state index contributed by atoms with van der Waals surface area (Å²) in [5, 5.41) is 18.2. The summed E-state index contributed by atoms with van der Waals surface area (Å²) in [4.78, 5) is 6.22. The number of nitrogens with zero attached hydrogens (tertiary/aromatic N) is 4. The zero-order valence-corrected chi connectivity index (χ0v) is 14.3. The van der Waals surface area contributed by atoms with Crippen molar-refractivity contribution < 1.29 is 5.11 Å². The van der Waals surface area contributed by atoms with Crippen LogP contribution in [-0.2, 0) is 13.6 Å². The normalized spacial score (nSPS) is 13.0. The lowest BCUT2D eigenvalue weighted by Gasteiger charge is -2.23. The van der Waals surface area contributed by atoms with Crippen molar-refractivity contribution in [3.8, 4) is 0 Å². The van der Waals surface area contributed by atoms with Gasteiger partial charge in [0.1, 0.15) is 0 Å². The highest BCUT2D eigenvalue weighted by atomic mass is 35.5. The predicted octanol–water partition coefficient (Wildman–Crippen LogP) is 1.81. The highest BCUT2D eigenvalue weighted by Crippen LogP contribution is 2.17. The molecule has 23 heavy (non-hydrogen) atoms. The van der Waals surface area contributed by atoms with Crippen LogP contribution in [0.4, 0.5) is 0 Å². The van der Waals surface area contributed by atoms with Crippen molar-refractivity contribution in [1.82, 2.24) is 20.0 Å². The van der Waals surface area contributed by atoms with Crippen molar-refractivity contribution in [2.45, 2.75) is 12.6 Å². The molecule has 0 fully saturated rings. The molecule has 1 heterocycles. The molecule has 0 amide bonds. The third-order valence-electron chi connectivity index (χ3n) is 3.44. The minimum absolute atomic E-state index is 0.352. The molecule has 0 saturated heterocycles. The monoisotopic (exact) mass is 335 g/mol. The molecule has 0 aliphatic carbocycles. The molecule has 2 N–H and O–H groups in total. The summed E-state index contributed by atoms with van der Waals surface area (Å²) in [6.45, 7) is 1.03. The van der Waals surface area contributed by atoms with Gasteiger partial charge in [0, 0.05) is 51.0 Å². The Morgan fingerprint density at radius 3 is 2.91 bits per heavy atom. The van der Waals surface area contributed by atoms with E-state index in [0.29, 0.717) is 24.1 Å². The van der Waals surface area contributed by atoms with E-state index in [1.165, 1.54) is 0 Å². The standard InChI is InChI=1S/C16H22ClN5O/c1-18-16(21(2)10-12-8-20-22(3)11-12)19-9-15(23)13-5-4-6-14(17)7-13/h4-8,11,15,23H,9-10H2,1-3H3,(H,18,19). The Labute approximate surface area is 141 Å². The molecular weight excluding hydrogens is 314 g/mol. The predicted molar refractivity (Wildman–Crippen MR) is 92.4 cm³/mol. The summed E-state index contributed by atoms with van der Waals surface area (Å²) in [7, 11) is 5.54. The Bertz CT molecular complexity index is 670. The van der Waals surface area contributed by atoms with Gasteiger partial charge >= 0.3 is 0 Å². The Balaban J connectivity index is 1.91. The van der Waals surface area contributed by atoms with Gasteiger partial charge in [0.2, 0.25) is 0 Å². The first-order valence-corrected chi connectivity index (χ1v) is 7.70. The molecule has 0 aliphatic rings. The quantitative estimate of drug-likeness (QED) is 0.646. The highest BCUT2D eigenvalue weighted by molar-refractivity contribution is 6.30. The Hall–Kier alpha value is -2.05. The van der Waals surface area contributed by atoms with Gasteiger partial charge in [-0.25, -0.2) is 0 Å². The summed E-state index contributed by atoms with van der Waals surface area (Å²) < 4.78 is 1.77. The molecule has 0 aliphatic heterocycles. The second-order valence-electron chi connectivity index (χ2n) is 5.38. The van der Waals surface area contributed by atoms with E-state index >= 15 is 0 Å². The van der Waals surface area contributed by atoms with Gasteiger partial charge in [0.05, 0.1) is 12.3 Å². The SMILES string of the molecule is CN=C(NCC(O)c1cccc(Cl)c1)N(C)Cc1cnn(C)c1. The van der Waals surface area contributed by atoms with Crippen molar-refractivity contribution in [2.75, 3.05) is 20.6 Å². The molecule has 1 unspecified atom stereocenters. The van der Waals surface area contributed by atoms with Crippen molar-refractivity contribution >= 4 is 17.6 Å². The Kier molecular flexibility index (Phi) is 6.01. The summed E-state index contributed by atoms with van der Waals surface area (Å²) in [6, 6.07) is 7.21. The number of aromatic nitrogens is 2. The molecule has 2 rings (SSSR count). The average molecular weight is 336 g/mol. The molecule has 7 heteroatoms. The van der Waals surface area contributed by atoms with Crippen LogP contribution in [0.15, 0.2) is 41.7 Å². The largest absolute Gasteiger partial charge is 0.387 e. The van der Waals surface area contributed by atoms with E-state index < -0.39 is 6.10 Å². The maximum absolute atomic E-state index is 10.3. The lowest BCUT2D eigenvalue weighted by Crippen LogP contribution is -2.40. The topological polar surface area (TPSA) is 65.7 Å². The molecule has 1 atom stereocenters. The molecule has 0 bridgehead atoms. The first-order chi connectivity index (χ1) is 11.0. The molecule has 0 spiro atoms. The zero-order chi connectivity index (χ0) is 16.8. The fourth-order valence-corrected chi connectivity index (χ4v) is 2.51. The number of benzene rings is 1. The summed E-state index contributed by atoms with van der Waals surface area (Å²) in [5.41, 5.74) is 1.86. The number of aliphatic imine (C=N–C) groups is 1. The number of nitrogens with one attached hydrogen (secondary N) is 1. The van der Waals surface area contributed by atoms with E-state index in [2.05, 4.69) is 15.4 Å². The number of hydrogen-bond acceptors (Lipinski definition) is 3. The fourth-order valence-electron chi connectivity index (χ4n) is 2.31. The number of halogens is 1. The number of aliphatic hydroxyl groups is 1. The summed E-state index contributed by atoms with van der Waals surface area (Å²) in [5.74, 6) is 0.704. The number of aryl methyl sites for hydroxylation is 1.